The normalized spacial score (nSPS) is 13.2. The number of hydrogen-bond acceptors (Lipinski definition) is 2. The molecule has 0 fully saturated rings. The van der Waals surface area contributed by atoms with E-state index in [-0.39, 0.29) is 11.5 Å². The van der Waals surface area contributed by atoms with Crippen molar-refractivity contribution in [2.24, 2.45) is 0 Å². The molecule has 2 aromatic carbocycles. The Kier molecular flexibility index (Phi) is 3.87. The van der Waals surface area contributed by atoms with E-state index in [1.807, 2.05) is 18.2 Å². The van der Waals surface area contributed by atoms with E-state index < -0.39 is 11.7 Å². The first kappa shape index (κ1) is 14.3. The number of carbonyl (C=O) groups excluding carboxylic acids is 2. The standard InChI is InChI=1S/C17H15FN2O2/c18-14-4-2-1-3-13(14)17(22)19-10-11-5-7-15-12(9-11)6-8-16(21)20-15/h1-5,7,9H,6,8,10H2,(H,19,22)(H,20,21). The predicted octanol–water partition coefficient (Wildman–Crippen LogP) is 2.64. The highest BCUT2D eigenvalue weighted by Crippen LogP contribution is 2.23. The van der Waals surface area contributed by atoms with Crippen LogP contribution in [0.25, 0.3) is 0 Å². The summed E-state index contributed by atoms with van der Waals surface area (Å²) >= 11 is 0. The van der Waals surface area contributed by atoms with Gasteiger partial charge in [0.25, 0.3) is 5.91 Å². The number of carbonyl (C=O) groups is 2. The molecule has 0 bridgehead atoms. The van der Waals surface area contributed by atoms with Crippen LogP contribution in [0.5, 0.6) is 0 Å². The molecule has 1 heterocycles. The van der Waals surface area contributed by atoms with E-state index in [2.05, 4.69) is 10.6 Å². The fourth-order valence-electron chi connectivity index (χ4n) is 2.47. The van der Waals surface area contributed by atoms with Gasteiger partial charge in [-0.05, 0) is 35.7 Å². The zero-order valence-electron chi connectivity index (χ0n) is 11.9. The summed E-state index contributed by atoms with van der Waals surface area (Å²) in [5, 5.41) is 5.51. The molecule has 3 rings (SSSR count). The van der Waals surface area contributed by atoms with Crippen molar-refractivity contribution < 1.29 is 14.0 Å². The summed E-state index contributed by atoms with van der Waals surface area (Å²) in [4.78, 5) is 23.3. The molecule has 4 nitrogen and oxygen atoms in total. The fourth-order valence-corrected chi connectivity index (χ4v) is 2.47. The van der Waals surface area contributed by atoms with Crippen LogP contribution < -0.4 is 10.6 Å². The van der Waals surface area contributed by atoms with E-state index in [1.54, 1.807) is 12.1 Å². The summed E-state index contributed by atoms with van der Waals surface area (Å²) in [5.74, 6) is -0.953. The van der Waals surface area contributed by atoms with E-state index in [1.165, 1.54) is 12.1 Å². The van der Waals surface area contributed by atoms with Gasteiger partial charge in [-0.1, -0.05) is 24.3 Å². The molecule has 1 aliphatic rings. The van der Waals surface area contributed by atoms with Gasteiger partial charge in [0.15, 0.2) is 0 Å². The van der Waals surface area contributed by atoms with Crippen LogP contribution in [0.2, 0.25) is 0 Å². The second kappa shape index (κ2) is 5.97. The van der Waals surface area contributed by atoms with Gasteiger partial charge in [-0.3, -0.25) is 9.59 Å². The molecule has 0 atom stereocenters. The second-order valence-corrected chi connectivity index (χ2v) is 5.20. The van der Waals surface area contributed by atoms with Crippen LogP contribution in [0.15, 0.2) is 42.5 Å². The minimum Gasteiger partial charge on any atom is -0.348 e. The molecule has 0 spiro atoms. The lowest BCUT2D eigenvalue weighted by molar-refractivity contribution is -0.116. The molecule has 112 valence electrons. The van der Waals surface area contributed by atoms with Crippen LogP contribution in [0, 0.1) is 5.82 Å². The molecule has 1 aliphatic heterocycles. The average Bonchev–Trinajstić information content (AvgIpc) is 2.53. The Bertz CT molecular complexity index is 743. The number of aryl methyl sites for hydroxylation is 1. The highest BCUT2D eigenvalue weighted by molar-refractivity contribution is 5.95. The van der Waals surface area contributed by atoms with Crippen molar-refractivity contribution in [3.8, 4) is 0 Å². The Morgan fingerprint density at radius 1 is 1.18 bits per heavy atom. The number of hydrogen-bond donors (Lipinski definition) is 2. The largest absolute Gasteiger partial charge is 0.348 e. The molecule has 0 radical (unpaired) electrons. The van der Waals surface area contributed by atoms with Gasteiger partial charge in [-0.2, -0.15) is 0 Å². The lowest BCUT2D eigenvalue weighted by Crippen LogP contribution is -2.24. The van der Waals surface area contributed by atoms with Crippen LogP contribution in [0.1, 0.15) is 27.9 Å². The lowest BCUT2D eigenvalue weighted by Gasteiger charge is -2.17. The van der Waals surface area contributed by atoms with E-state index in [0.29, 0.717) is 19.4 Å². The summed E-state index contributed by atoms with van der Waals surface area (Å²) < 4.78 is 13.5. The molecular formula is C17H15FN2O2. The van der Waals surface area contributed by atoms with Crippen molar-refractivity contribution in [1.82, 2.24) is 5.32 Å². The number of fused-ring (bicyclic) bond motifs is 1. The van der Waals surface area contributed by atoms with Gasteiger partial charge in [0.1, 0.15) is 5.82 Å². The molecule has 0 aliphatic carbocycles. The van der Waals surface area contributed by atoms with Crippen molar-refractivity contribution in [3.05, 3.63) is 65.0 Å². The summed E-state index contributed by atoms with van der Waals surface area (Å²) in [6, 6.07) is 11.5. The molecule has 0 unspecified atom stereocenters. The quantitative estimate of drug-likeness (QED) is 0.915. The number of rotatable bonds is 3. The Labute approximate surface area is 127 Å². The van der Waals surface area contributed by atoms with Crippen molar-refractivity contribution >= 4 is 17.5 Å². The first-order valence-corrected chi connectivity index (χ1v) is 7.08. The summed E-state index contributed by atoms with van der Waals surface area (Å²) in [5.41, 5.74) is 2.82. The highest BCUT2D eigenvalue weighted by atomic mass is 19.1. The molecular weight excluding hydrogens is 283 g/mol. The monoisotopic (exact) mass is 298 g/mol. The van der Waals surface area contributed by atoms with Crippen LogP contribution in [-0.2, 0) is 17.8 Å². The Morgan fingerprint density at radius 3 is 2.82 bits per heavy atom. The number of anilines is 1. The SMILES string of the molecule is O=C1CCc2cc(CNC(=O)c3ccccc3F)ccc2N1. The van der Waals surface area contributed by atoms with Gasteiger partial charge in [-0.15, -0.1) is 0 Å². The maximum Gasteiger partial charge on any atom is 0.254 e. The Morgan fingerprint density at radius 2 is 2.00 bits per heavy atom. The number of halogens is 1. The molecule has 0 aromatic heterocycles. The Hall–Kier alpha value is -2.69. The minimum absolute atomic E-state index is 0.0214. The third-order valence-electron chi connectivity index (χ3n) is 3.64. The summed E-state index contributed by atoms with van der Waals surface area (Å²) in [6.07, 6.45) is 1.16. The fraction of sp³-hybridized carbons (Fsp3) is 0.176. The van der Waals surface area contributed by atoms with Crippen molar-refractivity contribution in [1.29, 1.82) is 0 Å². The first-order chi connectivity index (χ1) is 10.6. The van der Waals surface area contributed by atoms with Crippen LogP contribution in [0.3, 0.4) is 0 Å². The topological polar surface area (TPSA) is 58.2 Å². The van der Waals surface area contributed by atoms with Crippen LogP contribution in [-0.4, -0.2) is 11.8 Å². The highest BCUT2D eigenvalue weighted by Gasteiger charge is 2.15. The summed E-state index contributed by atoms with van der Waals surface area (Å²) in [6.45, 7) is 0.314. The Balaban J connectivity index is 1.68. The smallest absolute Gasteiger partial charge is 0.254 e. The van der Waals surface area contributed by atoms with E-state index in [0.717, 1.165) is 16.8 Å². The average molecular weight is 298 g/mol. The zero-order chi connectivity index (χ0) is 15.5. The van der Waals surface area contributed by atoms with Gasteiger partial charge < -0.3 is 10.6 Å². The van der Waals surface area contributed by atoms with Gasteiger partial charge in [0.05, 0.1) is 5.56 Å². The maximum atomic E-state index is 13.5. The van der Waals surface area contributed by atoms with Crippen molar-refractivity contribution in [2.75, 3.05) is 5.32 Å². The second-order valence-electron chi connectivity index (χ2n) is 5.20. The molecule has 0 saturated heterocycles. The molecule has 2 N–H and O–H groups in total. The van der Waals surface area contributed by atoms with Gasteiger partial charge >= 0.3 is 0 Å². The number of benzene rings is 2. The number of nitrogens with one attached hydrogen (secondary N) is 2. The van der Waals surface area contributed by atoms with E-state index in [4.69, 9.17) is 0 Å². The van der Waals surface area contributed by atoms with Gasteiger partial charge in [0.2, 0.25) is 5.91 Å². The summed E-state index contributed by atoms with van der Waals surface area (Å²) in [7, 11) is 0. The minimum atomic E-state index is -0.534. The molecule has 2 aromatic rings. The third kappa shape index (κ3) is 2.98. The molecule has 22 heavy (non-hydrogen) atoms. The molecule has 2 amide bonds. The lowest BCUT2D eigenvalue weighted by atomic mass is 10.0. The van der Waals surface area contributed by atoms with Crippen molar-refractivity contribution in [3.63, 3.8) is 0 Å². The predicted molar refractivity (Wildman–Crippen MR) is 81.0 cm³/mol. The maximum absolute atomic E-state index is 13.5. The first-order valence-electron chi connectivity index (χ1n) is 7.08. The zero-order valence-corrected chi connectivity index (χ0v) is 11.9. The van der Waals surface area contributed by atoms with Crippen molar-refractivity contribution in [2.45, 2.75) is 19.4 Å². The number of amides is 2. The van der Waals surface area contributed by atoms with Crippen LogP contribution >= 0.6 is 0 Å². The molecule has 5 heteroatoms. The third-order valence-corrected chi connectivity index (χ3v) is 3.64. The van der Waals surface area contributed by atoms with E-state index in [9.17, 15) is 14.0 Å². The molecule has 0 saturated carbocycles. The van der Waals surface area contributed by atoms with Gasteiger partial charge in [-0.25, -0.2) is 4.39 Å². The van der Waals surface area contributed by atoms with Gasteiger partial charge in [0, 0.05) is 18.7 Å². The van der Waals surface area contributed by atoms with Crippen LogP contribution in [0.4, 0.5) is 10.1 Å². The van der Waals surface area contributed by atoms with E-state index >= 15 is 0 Å².